The third kappa shape index (κ3) is 3.02. The third-order valence-electron chi connectivity index (χ3n) is 3.67. The average Bonchev–Trinajstić information content (AvgIpc) is 3.13. The third-order valence-corrected chi connectivity index (χ3v) is 5.59. The van der Waals surface area contributed by atoms with E-state index in [2.05, 4.69) is 0 Å². The Kier molecular flexibility index (Phi) is 3.93. The zero-order valence-corrected chi connectivity index (χ0v) is 11.4. The number of nitrogens with zero attached hydrogens (tertiary/aromatic N) is 2. The van der Waals surface area contributed by atoms with Gasteiger partial charge in [-0.1, -0.05) is 0 Å². The number of carbonyl (C=O) groups is 1. The van der Waals surface area contributed by atoms with Gasteiger partial charge in [0.05, 0.1) is 5.92 Å². The van der Waals surface area contributed by atoms with Gasteiger partial charge in [0.15, 0.2) is 0 Å². The van der Waals surface area contributed by atoms with Crippen molar-refractivity contribution in [3.05, 3.63) is 0 Å². The number of carboxylic acids is 1. The first-order valence-electron chi connectivity index (χ1n) is 6.35. The molecule has 104 valence electrons. The van der Waals surface area contributed by atoms with Gasteiger partial charge in [0.2, 0.25) is 0 Å². The number of hydrogen-bond acceptors (Lipinski definition) is 3. The summed E-state index contributed by atoms with van der Waals surface area (Å²) in [6.07, 6.45) is 3.37. The highest BCUT2D eigenvalue weighted by atomic mass is 32.2. The van der Waals surface area contributed by atoms with Crippen LogP contribution in [0.25, 0.3) is 0 Å². The molecule has 0 amide bonds. The van der Waals surface area contributed by atoms with Crippen molar-refractivity contribution in [1.29, 1.82) is 0 Å². The molecule has 0 aromatic heterocycles. The van der Waals surface area contributed by atoms with Gasteiger partial charge in [0.1, 0.15) is 0 Å². The first kappa shape index (κ1) is 13.8. The Morgan fingerprint density at radius 2 is 2.06 bits per heavy atom. The van der Waals surface area contributed by atoms with Crippen molar-refractivity contribution in [1.82, 2.24) is 8.61 Å². The molecule has 0 spiro atoms. The van der Waals surface area contributed by atoms with Crippen molar-refractivity contribution in [2.45, 2.75) is 25.7 Å². The van der Waals surface area contributed by atoms with E-state index in [9.17, 15) is 13.2 Å². The van der Waals surface area contributed by atoms with Crippen LogP contribution in [0, 0.1) is 11.8 Å². The van der Waals surface area contributed by atoms with Crippen LogP contribution in [-0.2, 0) is 15.0 Å². The Morgan fingerprint density at radius 3 is 2.61 bits per heavy atom. The summed E-state index contributed by atoms with van der Waals surface area (Å²) >= 11 is 0. The van der Waals surface area contributed by atoms with Gasteiger partial charge in [-0.2, -0.15) is 17.0 Å². The van der Waals surface area contributed by atoms with Crippen molar-refractivity contribution in [3.8, 4) is 0 Å². The molecule has 6 nitrogen and oxygen atoms in total. The smallest absolute Gasteiger partial charge is 0.307 e. The van der Waals surface area contributed by atoms with Crippen molar-refractivity contribution < 1.29 is 18.3 Å². The molecule has 1 N–H and O–H groups in total. The highest BCUT2D eigenvalue weighted by Gasteiger charge is 2.36. The Morgan fingerprint density at radius 1 is 1.39 bits per heavy atom. The molecule has 0 aromatic carbocycles. The highest BCUT2D eigenvalue weighted by Crippen LogP contribution is 2.31. The van der Waals surface area contributed by atoms with E-state index in [0.29, 0.717) is 31.8 Å². The molecule has 1 unspecified atom stereocenters. The van der Waals surface area contributed by atoms with Crippen molar-refractivity contribution in [2.24, 2.45) is 11.8 Å². The molecule has 2 aliphatic rings. The van der Waals surface area contributed by atoms with E-state index < -0.39 is 22.1 Å². The maximum Gasteiger partial charge on any atom is 0.307 e. The summed E-state index contributed by atoms with van der Waals surface area (Å²) in [6.45, 7) is 1.09. The van der Waals surface area contributed by atoms with E-state index in [-0.39, 0.29) is 6.54 Å². The number of hydrogen-bond donors (Lipinski definition) is 1. The molecule has 0 aromatic rings. The summed E-state index contributed by atoms with van der Waals surface area (Å²) in [6, 6.07) is 0. The lowest BCUT2D eigenvalue weighted by molar-refractivity contribution is -0.142. The SMILES string of the molecule is CN(CC1CC1)S(=O)(=O)N1CCCC(C(=O)O)C1. The second-order valence-corrected chi connectivity index (χ2v) is 7.30. The first-order valence-corrected chi connectivity index (χ1v) is 7.75. The molecule has 1 saturated heterocycles. The van der Waals surface area contributed by atoms with Crippen LogP contribution in [0.3, 0.4) is 0 Å². The molecule has 2 fully saturated rings. The number of carboxylic acid groups (broad SMARTS) is 1. The van der Waals surface area contributed by atoms with E-state index in [4.69, 9.17) is 5.11 Å². The lowest BCUT2D eigenvalue weighted by Gasteiger charge is -2.32. The van der Waals surface area contributed by atoms with Gasteiger partial charge in [-0.25, -0.2) is 0 Å². The number of piperidine rings is 1. The molecule has 0 bridgehead atoms. The van der Waals surface area contributed by atoms with Crippen LogP contribution in [0.1, 0.15) is 25.7 Å². The molecule has 18 heavy (non-hydrogen) atoms. The monoisotopic (exact) mass is 276 g/mol. The highest BCUT2D eigenvalue weighted by molar-refractivity contribution is 7.86. The standard InChI is InChI=1S/C11H20N2O4S/c1-12(7-9-4-5-9)18(16,17)13-6-2-3-10(8-13)11(14)15/h9-10H,2-8H2,1H3,(H,14,15). The minimum absolute atomic E-state index is 0.104. The second kappa shape index (κ2) is 5.14. The topological polar surface area (TPSA) is 77.9 Å². The molecule has 2 rings (SSSR count). The first-order chi connectivity index (χ1) is 8.41. The largest absolute Gasteiger partial charge is 0.481 e. The minimum atomic E-state index is -3.48. The van der Waals surface area contributed by atoms with Crippen molar-refractivity contribution in [2.75, 3.05) is 26.7 Å². The predicted molar refractivity (Wildman–Crippen MR) is 66.2 cm³/mol. The summed E-state index contributed by atoms with van der Waals surface area (Å²) in [7, 11) is -1.90. The maximum absolute atomic E-state index is 12.3. The zero-order chi connectivity index (χ0) is 13.3. The van der Waals surface area contributed by atoms with Crippen molar-refractivity contribution >= 4 is 16.2 Å². The molecule has 1 saturated carbocycles. The Labute approximate surface area is 108 Å². The molecular weight excluding hydrogens is 256 g/mol. The summed E-state index contributed by atoms with van der Waals surface area (Å²) in [5, 5.41) is 8.98. The van der Waals surface area contributed by atoms with E-state index in [1.54, 1.807) is 7.05 Å². The van der Waals surface area contributed by atoms with E-state index in [1.807, 2.05) is 0 Å². The average molecular weight is 276 g/mol. The fourth-order valence-electron chi connectivity index (χ4n) is 2.31. The summed E-state index contributed by atoms with van der Waals surface area (Å²) < 4.78 is 27.2. The molecule has 1 aliphatic carbocycles. The molecular formula is C11H20N2O4S. The molecule has 7 heteroatoms. The Hall–Kier alpha value is -0.660. The quantitative estimate of drug-likeness (QED) is 0.787. The minimum Gasteiger partial charge on any atom is -0.481 e. The van der Waals surface area contributed by atoms with Crippen LogP contribution in [0.15, 0.2) is 0 Å². The molecule has 1 aliphatic heterocycles. The molecule has 0 radical (unpaired) electrons. The number of rotatable bonds is 5. The van der Waals surface area contributed by atoms with Crippen LogP contribution < -0.4 is 0 Å². The maximum atomic E-state index is 12.3. The lowest BCUT2D eigenvalue weighted by atomic mass is 10.0. The summed E-state index contributed by atoms with van der Waals surface area (Å²) in [4.78, 5) is 10.9. The predicted octanol–water partition coefficient (Wildman–Crippen LogP) is 0.370. The fraction of sp³-hybridized carbons (Fsp3) is 0.909. The van der Waals surface area contributed by atoms with Gasteiger partial charge in [-0.3, -0.25) is 4.79 Å². The zero-order valence-electron chi connectivity index (χ0n) is 10.6. The van der Waals surface area contributed by atoms with Crippen LogP contribution in [-0.4, -0.2) is 54.8 Å². The van der Waals surface area contributed by atoms with Gasteiger partial charge in [-0.15, -0.1) is 0 Å². The van der Waals surface area contributed by atoms with Crippen LogP contribution >= 0.6 is 0 Å². The Bertz CT molecular complexity index is 419. The van der Waals surface area contributed by atoms with Crippen LogP contribution in [0.2, 0.25) is 0 Å². The van der Waals surface area contributed by atoms with Gasteiger partial charge < -0.3 is 5.11 Å². The lowest BCUT2D eigenvalue weighted by Crippen LogP contribution is -2.48. The van der Waals surface area contributed by atoms with Gasteiger partial charge in [0.25, 0.3) is 10.2 Å². The summed E-state index contributed by atoms with van der Waals surface area (Å²) in [5.41, 5.74) is 0. The van der Waals surface area contributed by atoms with Gasteiger partial charge in [-0.05, 0) is 31.6 Å². The van der Waals surface area contributed by atoms with Crippen LogP contribution in [0.5, 0.6) is 0 Å². The molecule has 1 heterocycles. The van der Waals surface area contributed by atoms with Gasteiger partial charge >= 0.3 is 5.97 Å². The normalized spacial score (nSPS) is 26.4. The van der Waals surface area contributed by atoms with Crippen molar-refractivity contribution in [3.63, 3.8) is 0 Å². The molecule has 1 atom stereocenters. The van der Waals surface area contributed by atoms with E-state index in [0.717, 1.165) is 12.8 Å². The van der Waals surface area contributed by atoms with Gasteiger partial charge in [0, 0.05) is 26.7 Å². The fourth-order valence-corrected chi connectivity index (χ4v) is 3.83. The van der Waals surface area contributed by atoms with E-state index in [1.165, 1.54) is 8.61 Å². The van der Waals surface area contributed by atoms with Crippen LogP contribution in [0.4, 0.5) is 0 Å². The Balaban J connectivity index is 2.01. The summed E-state index contributed by atoms with van der Waals surface area (Å²) in [5.74, 6) is -0.979. The number of aliphatic carboxylic acids is 1. The van der Waals surface area contributed by atoms with E-state index >= 15 is 0 Å². The second-order valence-electron chi connectivity index (χ2n) is 5.27.